The normalized spacial score (nSPS) is 12.0. The first-order valence-corrected chi connectivity index (χ1v) is 11.5. The lowest BCUT2D eigenvalue weighted by Gasteiger charge is -2.06. The Morgan fingerprint density at radius 1 is 0.542 bits per heavy atom. The van der Waals surface area contributed by atoms with E-state index in [0.717, 1.165) is 19.0 Å². The van der Waals surface area contributed by atoms with Crippen LogP contribution in [-0.4, -0.2) is 27.2 Å². The zero-order valence-electron chi connectivity index (χ0n) is 15.8. The van der Waals surface area contributed by atoms with Crippen molar-refractivity contribution in [2.75, 3.05) is 6.16 Å². The average molecular weight is 385 g/mol. The SMILES string of the molecule is CCCCCCCCCCCCCCCCCC[PH2+]C(O)(O)O.[Cl-]. The fraction of sp³-hybridized carbons (Fsp3) is 1.00. The summed E-state index contributed by atoms with van der Waals surface area (Å²) in [5.74, 6) is 0. The van der Waals surface area contributed by atoms with Gasteiger partial charge < -0.3 is 27.7 Å². The van der Waals surface area contributed by atoms with Crippen molar-refractivity contribution in [2.45, 2.75) is 115 Å². The van der Waals surface area contributed by atoms with Gasteiger partial charge in [0.25, 0.3) is 0 Å². The monoisotopic (exact) mass is 384 g/mol. The van der Waals surface area contributed by atoms with Crippen LogP contribution < -0.4 is 12.4 Å². The average Bonchev–Trinajstić information content (AvgIpc) is 2.49. The molecule has 1 atom stereocenters. The Morgan fingerprint density at radius 3 is 1.12 bits per heavy atom. The number of hydrogen-bond acceptors (Lipinski definition) is 3. The van der Waals surface area contributed by atoms with Gasteiger partial charge >= 0.3 is 5.71 Å². The van der Waals surface area contributed by atoms with Crippen molar-refractivity contribution >= 4 is 8.58 Å². The smallest absolute Gasteiger partial charge is 0.391 e. The molecule has 24 heavy (non-hydrogen) atoms. The van der Waals surface area contributed by atoms with Gasteiger partial charge in [0.1, 0.15) is 0 Å². The molecule has 5 heteroatoms. The zero-order valence-corrected chi connectivity index (χ0v) is 17.7. The molecule has 0 saturated carbocycles. The van der Waals surface area contributed by atoms with Crippen LogP contribution in [-0.2, 0) is 0 Å². The predicted molar refractivity (Wildman–Crippen MR) is 104 cm³/mol. The first-order chi connectivity index (χ1) is 11.1. The molecule has 0 aromatic rings. The van der Waals surface area contributed by atoms with Crippen LogP contribution in [0.25, 0.3) is 0 Å². The Labute approximate surface area is 158 Å². The van der Waals surface area contributed by atoms with E-state index in [2.05, 4.69) is 6.92 Å². The second-order valence-electron chi connectivity index (χ2n) is 6.98. The molecule has 3 N–H and O–H groups in total. The summed E-state index contributed by atoms with van der Waals surface area (Å²) < 4.78 is 0. The number of halogens is 1. The third-order valence-corrected chi connectivity index (χ3v) is 5.72. The van der Waals surface area contributed by atoms with Crippen molar-refractivity contribution in [3.8, 4) is 0 Å². The van der Waals surface area contributed by atoms with Crippen LogP contribution >= 0.6 is 8.58 Å². The van der Waals surface area contributed by atoms with Crippen LogP contribution in [0.2, 0.25) is 0 Å². The van der Waals surface area contributed by atoms with E-state index in [-0.39, 0.29) is 12.4 Å². The third-order valence-electron chi connectivity index (χ3n) is 4.48. The van der Waals surface area contributed by atoms with Gasteiger partial charge in [0.15, 0.2) is 0 Å². The lowest BCUT2D eigenvalue weighted by atomic mass is 10.0. The minimum absolute atomic E-state index is 0. The molecule has 3 nitrogen and oxygen atoms in total. The van der Waals surface area contributed by atoms with Crippen LogP contribution in [0.3, 0.4) is 0 Å². The summed E-state index contributed by atoms with van der Waals surface area (Å²) in [4.78, 5) is 0. The van der Waals surface area contributed by atoms with Crippen molar-refractivity contribution < 1.29 is 27.7 Å². The maximum Gasteiger partial charge on any atom is 0.391 e. The summed E-state index contributed by atoms with van der Waals surface area (Å²) >= 11 is 0. The van der Waals surface area contributed by atoms with Gasteiger partial charge in [0, 0.05) is 0 Å². The lowest BCUT2D eigenvalue weighted by Crippen LogP contribution is -3.00. The van der Waals surface area contributed by atoms with Crippen molar-refractivity contribution in [1.82, 2.24) is 0 Å². The predicted octanol–water partition coefficient (Wildman–Crippen LogP) is 2.25. The van der Waals surface area contributed by atoms with E-state index < -0.39 is 14.3 Å². The molecule has 0 aliphatic rings. The molecule has 0 spiro atoms. The third kappa shape index (κ3) is 24.8. The van der Waals surface area contributed by atoms with E-state index in [4.69, 9.17) is 15.3 Å². The molecule has 0 radical (unpaired) electrons. The molecule has 0 aromatic heterocycles. The fourth-order valence-electron chi connectivity index (χ4n) is 2.99. The Bertz CT molecular complexity index is 235. The summed E-state index contributed by atoms with van der Waals surface area (Å²) in [6, 6.07) is 0. The second-order valence-corrected chi connectivity index (χ2v) is 8.74. The van der Waals surface area contributed by atoms with Crippen LogP contribution in [0, 0.1) is 0 Å². The van der Waals surface area contributed by atoms with E-state index in [1.165, 1.54) is 89.9 Å². The summed E-state index contributed by atoms with van der Waals surface area (Å²) in [6.07, 6.45) is 22.3. The van der Waals surface area contributed by atoms with Gasteiger partial charge in [-0.05, 0) is 12.8 Å². The van der Waals surface area contributed by atoms with E-state index >= 15 is 0 Å². The van der Waals surface area contributed by atoms with E-state index in [0.29, 0.717) is 0 Å². The molecule has 0 heterocycles. The summed E-state index contributed by atoms with van der Waals surface area (Å²) in [6.45, 7) is 2.27. The Balaban J connectivity index is 0. The number of hydrogen-bond donors (Lipinski definition) is 3. The highest BCUT2D eigenvalue weighted by Gasteiger charge is 2.24. The van der Waals surface area contributed by atoms with Gasteiger partial charge in [-0.2, -0.15) is 0 Å². The van der Waals surface area contributed by atoms with Crippen molar-refractivity contribution in [3.63, 3.8) is 0 Å². The highest BCUT2D eigenvalue weighted by molar-refractivity contribution is 7.39. The standard InChI is InChI=1S/C19H41O3P.ClH/c1-2-3-4-5-6-7-8-9-10-11-12-13-14-15-16-17-18-23-19(20,21)22;/h20-23H,2-18H2,1H3;1H. The van der Waals surface area contributed by atoms with E-state index in [1.54, 1.807) is 0 Å². The molecule has 0 saturated heterocycles. The molecule has 148 valence electrons. The largest absolute Gasteiger partial charge is 1.00 e. The summed E-state index contributed by atoms with van der Waals surface area (Å²) in [5, 5.41) is 26.4. The molecule has 0 amide bonds. The quantitative estimate of drug-likeness (QED) is 0.193. The van der Waals surface area contributed by atoms with Crippen molar-refractivity contribution in [1.29, 1.82) is 0 Å². The second kappa shape index (κ2) is 19.9. The highest BCUT2D eigenvalue weighted by atomic mass is 35.5. The minimum atomic E-state index is -2.38. The van der Waals surface area contributed by atoms with Gasteiger partial charge in [0.2, 0.25) is 0 Å². The van der Waals surface area contributed by atoms with Gasteiger partial charge in [0.05, 0.1) is 14.7 Å². The van der Waals surface area contributed by atoms with Crippen LogP contribution in [0.15, 0.2) is 0 Å². The molecule has 0 aliphatic carbocycles. The highest BCUT2D eigenvalue weighted by Crippen LogP contribution is 2.25. The van der Waals surface area contributed by atoms with Crippen molar-refractivity contribution in [2.24, 2.45) is 0 Å². The molecule has 1 unspecified atom stereocenters. The summed E-state index contributed by atoms with van der Waals surface area (Å²) in [7, 11) is -0.665. The van der Waals surface area contributed by atoms with Gasteiger partial charge in [-0.3, -0.25) is 0 Å². The first-order valence-electron chi connectivity index (χ1n) is 10.1. The Hall–Kier alpha value is 0.600. The Morgan fingerprint density at radius 2 is 0.833 bits per heavy atom. The molecule has 0 aromatic carbocycles. The van der Waals surface area contributed by atoms with Gasteiger partial charge in [-0.1, -0.05) is 96.8 Å². The van der Waals surface area contributed by atoms with E-state index in [9.17, 15) is 0 Å². The molecular formula is C19H42ClO3P. The van der Waals surface area contributed by atoms with Gasteiger partial charge in [-0.15, -0.1) is 0 Å². The first kappa shape index (κ1) is 26.8. The molecular weight excluding hydrogens is 343 g/mol. The van der Waals surface area contributed by atoms with Gasteiger partial charge in [-0.25, -0.2) is 0 Å². The summed E-state index contributed by atoms with van der Waals surface area (Å²) in [5.41, 5.74) is -2.38. The molecule has 0 rings (SSSR count). The molecule has 0 aliphatic heterocycles. The van der Waals surface area contributed by atoms with Crippen molar-refractivity contribution in [3.05, 3.63) is 0 Å². The van der Waals surface area contributed by atoms with Crippen LogP contribution in [0.4, 0.5) is 0 Å². The maximum absolute atomic E-state index is 8.79. The van der Waals surface area contributed by atoms with Crippen LogP contribution in [0.5, 0.6) is 0 Å². The number of unbranched alkanes of at least 4 members (excludes halogenated alkanes) is 15. The topological polar surface area (TPSA) is 60.7 Å². The van der Waals surface area contributed by atoms with E-state index in [1.807, 2.05) is 0 Å². The number of aliphatic hydroxyl groups is 3. The Kier molecular flexibility index (Phi) is 22.3. The molecule has 0 fully saturated rings. The fourth-order valence-corrected chi connectivity index (χ4v) is 3.87. The molecule has 0 bridgehead atoms. The maximum atomic E-state index is 8.79. The number of rotatable bonds is 18. The lowest BCUT2D eigenvalue weighted by molar-refractivity contribution is -0.238. The zero-order chi connectivity index (χ0) is 17.2. The minimum Gasteiger partial charge on any atom is -1.00 e. The van der Waals surface area contributed by atoms with Crippen LogP contribution in [0.1, 0.15) is 110 Å².